The zero-order valence-corrected chi connectivity index (χ0v) is 16.3. The van der Waals surface area contributed by atoms with Crippen LogP contribution in [-0.2, 0) is 13.0 Å². The number of nitriles is 1. The van der Waals surface area contributed by atoms with E-state index in [2.05, 4.69) is 28.4 Å². The molecule has 2 aromatic heterocycles. The lowest BCUT2D eigenvalue weighted by molar-refractivity contribution is 0.497. The molecule has 0 bridgehead atoms. The molecule has 1 unspecified atom stereocenters. The number of aryl methyl sites for hydroxylation is 1. The van der Waals surface area contributed by atoms with Crippen molar-refractivity contribution >= 4 is 16.3 Å². The Bertz CT molecular complexity index is 946. The lowest BCUT2D eigenvalue weighted by Crippen LogP contribution is -2.20. The monoisotopic (exact) mass is 401 g/mol. The summed E-state index contributed by atoms with van der Waals surface area (Å²) in [5.41, 5.74) is 0.987. The first kappa shape index (κ1) is 20.0. The van der Waals surface area contributed by atoms with Gasteiger partial charge in [0.1, 0.15) is 35.4 Å². The quantitative estimate of drug-likeness (QED) is 0.563. The lowest BCUT2D eigenvalue weighted by atomic mass is 9.98. The van der Waals surface area contributed by atoms with Gasteiger partial charge in [0.25, 0.3) is 0 Å². The third-order valence-corrected chi connectivity index (χ3v) is 5.62. The van der Waals surface area contributed by atoms with Crippen LogP contribution in [0.3, 0.4) is 0 Å². The molecular formula is C20H21F2N5S. The van der Waals surface area contributed by atoms with Crippen LogP contribution in [0.25, 0.3) is 0 Å². The molecule has 0 saturated heterocycles. The largest absolute Gasteiger partial charge is 0.375 e. The summed E-state index contributed by atoms with van der Waals surface area (Å²) < 4.78 is 29.3. The van der Waals surface area contributed by atoms with Gasteiger partial charge in [-0.05, 0) is 30.5 Å². The van der Waals surface area contributed by atoms with Crippen molar-refractivity contribution < 1.29 is 8.78 Å². The lowest BCUT2D eigenvalue weighted by Gasteiger charge is -2.19. The first-order valence-corrected chi connectivity index (χ1v) is 9.96. The maximum absolute atomic E-state index is 14.4. The van der Waals surface area contributed by atoms with Gasteiger partial charge < -0.3 is 5.32 Å². The Morgan fingerprint density at radius 3 is 2.86 bits per heavy atom. The van der Waals surface area contributed by atoms with Crippen molar-refractivity contribution in [2.45, 2.75) is 38.6 Å². The molecule has 8 heteroatoms. The normalized spacial score (nSPS) is 11.9. The molecule has 1 N–H and O–H groups in total. The molecule has 0 aliphatic carbocycles. The highest BCUT2D eigenvalue weighted by molar-refractivity contribution is 7.16. The van der Waals surface area contributed by atoms with Crippen molar-refractivity contribution in [3.05, 3.63) is 64.6 Å². The third kappa shape index (κ3) is 4.93. The summed E-state index contributed by atoms with van der Waals surface area (Å²) in [6.07, 6.45) is 6.07. The predicted octanol–water partition coefficient (Wildman–Crippen LogP) is 4.73. The molecule has 0 amide bonds. The Morgan fingerprint density at radius 1 is 1.32 bits per heavy atom. The molecule has 0 aliphatic rings. The molecule has 3 rings (SSSR count). The number of hydrogen-bond donors (Lipinski definition) is 1. The van der Waals surface area contributed by atoms with Crippen LogP contribution in [0.15, 0.2) is 36.9 Å². The van der Waals surface area contributed by atoms with Crippen LogP contribution < -0.4 is 5.32 Å². The smallest absolute Gasteiger partial charge is 0.137 e. The molecule has 1 atom stereocenters. The molecule has 146 valence electrons. The molecule has 0 fully saturated rings. The molecule has 0 radical (unpaired) electrons. The summed E-state index contributed by atoms with van der Waals surface area (Å²) in [4.78, 5) is 5.07. The van der Waals surface area contributed by atoms with E-state index >= 15 is 0 Å². The Balaban J connectivity index is 1.80. The second-order valence-corrected chi connectivity index (χ2v) is 7.67. The fourth-order valence-corrected chi connectivity index (χ4v) is 4.06. The van der Waals surface area contributed by atoms with Crippen molar-refractivity contribution in [2.24, 2.45) is 0 Å². The van der Waals surface area contributed by atoms with E-state index in [1.54, 1.807) is 22.3 Å². The Labute approximate surface area is 166 Å². The van der Waals surface area contributed by atoms with Crippen LogP contribution >= 0.6 is 11.3 Å². The van der Waals surface area contributed by atoms with Crippen LogP contribution in [0.4, 0.5) is 13.8 Å². The van der Waals surface area contributed by atoms with Crippen LogP contribution in [0.5, 0.6) is 0 Å². The predicted molar refractivity (Wildman–Crippen MR) is 105 cm³/mol. The number of rotatable bonds is 9. The molecular weight excluding hydrogens is 380 g/mol. The number of thiophene rings is 1. The van der Waals surface area contributed by atoms with Crippen molar-refractivity contribution in [2.75, 3.05) is 11.9 Å². The van der Waals surface area contributed by atoms with E-state index in [0.717, 1.165) is 35.2 Å². The van der Waals surface area contributed by atoms with E-state index in [4.69, 9.17) is 0 Å². The summed E-state index contributed by atoms with van der Waals surface area (Å²) in [5.74, 6) is -1.52. The Kier molecular flexibility index (Phi) is 6.71. The van der Waals surface area contributed by atoms with Gasteiger partial charge in [-0.1, -0.05) is 19.4 Å². The van der Waals surface area contributed by atoms with Crippen molar-refractivity contribution in [1.82, 2.24) is 14.8 Å². The molecule has 0 aliphatic heterocycles. The molecule has 0 saturated carbocycles. The Hall–Kier alpha value is -2.79. The molecule has 5 nitrogen and oxygen atoms in total. The average molecular weight is 401 g/mol. The Morgan fingerprint density at radius 2 is 2.18 bits per heavy atom. The first-order valence-electron chi connectivity index (χ1n) is 9.14. The molecule has 3 aromatic rings. The van der Waals surface area contributed by atoms with Gasteiger partial charge in [0.2, 0.25) is 0 Å². The fraction of sp³-hybridized carbons (Fsp3) is 0.350. The highest BCUT2D eigenvalue weighted by atomic mass is 32.1. The molecule has 0 spiro atoms. The summed E-state index contributed by atoms with van der Waals surface area (Å²) in [5, 5.41) is 17.6. The maximum Gasteiger partial charge on any atom is 0.137 e. The van der Waals surface area contributed by atoms with Gasteiger partial charge in [-0.3, -0.25) is 4.68 Å². The first-order chi connectivity index (χ1) is 13.6. The van der Waals surface area contributed by atoms with Crippen molar-refractivity contribution in [3.8, 4) is 6.07 Å². The van der Waals surface area contributed by atoms with Crippen LogP contribution in [-0.4, -0.2) is 21.3 Å². The van der Waals surface area contributed by atoms with Crippen molar-refractivity contribution in [3.63, 3.8) is 0 Å². The number of anilines is 1. The second kappa shape index (κ2) is 9.42. The molecule has 2 heterocycles. The standard InChI is InChI=1S/C20H21F2N5S/c1-2-3-4-17-7-14(9-23)20(28-17)25-10-15(11-27-13-24-12-26-27)18-6-5-16(21)8-19(18)22/h5-8,12-13,15,25H,2-4,10-11H2,1H3. The highest BCUT2D eigenvalue weighted by Gasteiger charge is 2.19. The van der Waals surface area contributed by atoms with Crippen LogP contribution in [0.1, 0.15) is 41.7 Å². The van der Waals surface area contributed by atoms with Crippen LogP contribution in [0.2, 0.25) is 0 Å². The number of benzene rings is 1. The van der Waals surface area contributed by atoms with E-state index in [1.807, 2.05) is 6.07 Å². The molecule has 1 aromatic carbocycles. The minimum absolute atomic E-state index is 0.310. The minimum Gasteiger partial charge on any atom is -0.375 e. The highest BCUT2D eigenvalue weighted by Crippen LogP contribution is 2.30. The van der Waals surface area contributed by atoms with Gasteiger partial charge in [-0.15, -0.1) is 11.3 Å². The van der Waals surface area contributed by atoms with Gasteiger partial charge in [0.15, 0.2) is 0 Å². The van der Waals surface area contributed by atoms with E-state index < -0.39 is 11.6 Å². The van der Waals surface area contributed by atoms with Gasteiger partial charge in [-0.2, -0.15) is 10.4 Å². The van der Waals surface area contributed by atoms with E-state index in [9.17, 15) is 14.0 Å². The summed E-state index contributed by atoms with van der Waals surface area (Å²) >= 11 is 1.55. The second-order valence-electron chi connectivity index (χ2n) is 6.53. The number of halogens is 2. The summed E-state index contributed by atoms with van der Waals surface area (Å²) in [6, 6.07) is 7.72. The SMILES string of the molecule is CCCCc1cc(C#N)c(NCC(Cn2cncn2)c2ccc(F)cc2F)s1. The van der Waals surface area contributed by atoms with E-state index in [0.29, 0.717) is 24.2 Å². The van der Waals surface area contributed by atoms with Crippen LogP contribution in [0, 0.1) is 23.0 Å². The maximum atomic E-state index is 14.4. The number of hydrogen-bond acceptors (Lipinski definition) is 5. The number of unbranched alkanes of at least 4 members (excludes halogenated alkanes) is 1. The van der Waals surface area contributed by atoms with Gasteiger partial charge in [-0.25, -0.2) is 13.8 Å². The summed E-state index contributed by atoms with van der Waals surface area (Å²) in [6.45, 7) is 2.89. The minimum atomic E-state index is -0.612. The molecule has 28 heavy (non-hydrogen) atoms. The topological polar surface area (TPSA) is 66.5 Å². The summed E-state index contributed by atoms with van der Waals surface area (Å²) in [7, 11) is 0. The number of aromatic nitrogens is 3. The zero-order chi connectivity index (χ0) is 19.9. The van der Waals surface area contributed by atoms with Gasteiger partial charge in [0, 0.05) is 23.4 Å². The van der Waals surface area contributed by atoms with Gasteiger partial charge in [0.05, 0.1) is 12.1 Å². The average Bonchev–Trinajstić information content (AvgIpc) is 3.33. The third-order valence-electron chi connectivity index (χ3n) is 4.47. The fourth-order valence-electron chi connectivity index (χ4n) is 3.00. The van der Waals surface area contributed by atoms with Crippen molar-refractivity contribution in [1.29, 1.82) is 5.26 Å². The van der Waals surface area contributed by atoms with E-state index in [-0.39, 0.29) is 5.92 Å². The van der Waals surface area contributed by atoms with E-state index in [1.165, 1.54) is 18.5 Å². The number of nitrogens with one attached hydrogen (secondary N) is 1. The zero-order valence-electron chi connectivity index (χ0n) is 15.5. The van der Waals surface area contributed by atoms with Gasteiger partial charge >= 0.3 is 0 Å². The number of nitrogens with zero attached hydrogens (tertiary/aromatic N) is 4.